The fraction of sp³-hybridized carbons (Fsp3) is 0.267. The van der Waals surface area contributed by atoms with Gasteiger partial charge >= 0.3 is 5.97 Å². The first-order valence-electron chi connectivity index (χ1n) is 6.51. The lowest BCUT2D eigenvalue weighted by Gasteiger charge is -2.12. The van der Waals surface area contributed by atoms with E-state index in [-0.39, 0.29) is 18.3 Å². The van der Waals surface area contributed by atoms with Gasteiger partial charge in [-0.3, -0.25) is 0 Å². The Morgan fingerprint density at radius 1 is 1.57 bits per heavy atom. The van der Waals surface area contributed by atoms with Gasteiger partial charge in [-0.15, -0.1) is 0 Å². The highest BCUT2D eigenvalue weighted by Crippen LogP contribution is 2.18. The molecule has 0 aliphatic heterocycles. The molecule has 0 atom stereocenters. The molecule has 0 aliphatic rings. The third-order valence-corrected chi connectivity index (χ3v) is 2.99. The summed E-state index contributed by atoms with van der Waals surface area (Å²) in [6.45, 7) is 3.90. The van der Waals surface area contributed by atoms with Gasteiger partial charge in [0.1, 0.15) is 24.1 Å². The summed E-state index contributed by atoms with van der Waals surface area (Å²) >= 11 is 0. The number of hydrogen-bond acceptors (Lipinski definition) is 5. The van der Waals surface area contributed by atoms with Crippen LogP contribution >= 0.6 is 0 Å². The number of esters is 1. The van der Waals surface area contributed by atoms with Crippen LogP contribution in [0.5, 0.6) is 0 Å². The SMILES string of the molecule is CC(C)n1cc(N)cc1C(=O)OCc1cccnc1C#N. The molecule has 0 bridgehead atoms. The highest BCUT2D eigenvalue weighted by molar-refractivity contribution is 5.89. The van der Waals surface area contributed by atoms with Gasteiger partial charge in [0.15, 0.2) is 0 Å². The van der Waals surface area contributed by atoms with Gasteiger partial charge < -0.3 is 15.0 Å². The van der Waals surface area contributed by atoms with Crippen LogP contribution in [0, 0.1) is 11.3 Å². The summed E-state index contributed by atoms with van der Waals surface area (Å²) in [7, 11) is 0. The summed E-state index contributed by atoms with van der Waals surface area (Å²) in [6, 6.07) is 7.04. The maximum absolute atomic E-state index is 12.2. The zero-order valence-electron chi connectivity index (χ0n) is 11.9. The van der Waals surface area contributed by atoms with Crippen LogP contribution in [0.4, 0.5) is 5.69 Å². The number of nitrogens with two attached hydrogens (primary N) is 1. The highest BCUT2D eigenvalue weighted by atomic mass is 16.5. The monoisotopic (exact) mass is 284 g/mol. The number of nitrogens with zero attached hydrogens (tertiary/aromatic N) is 3. The lowest BCUT2D eigenvalue weighted by Crippen LogP contribution is -2.13. The van der Waals surface area contributed by atoms with E-state index in [0.717, 1.165) is 0 Å². The molecular weight excluding hydrogens is 268 g/mol. The fourth-order valence-electron chi connectivity index (χ4n) is 1.96. The molecule has 0 unspecified atom stereocenters. The molecule has 0 aliphatic carbocycles. The molecule has 0 saturated carbocycles. The number of ether oxygens (including phenoxy) is 1. The molecule has 0 spiro atoms. The molecule has 0 aromatic carbocycles. The minimum absolute atomic E-state index is 0.00124. The fourth-order valence-corrected chi connectivity index (χ4v) is 1.96. The van der Waals surface area contributed by atoms with Crippen molar-refractivity contribution in [3.63, 3.8) is 0 Å². The van der Waals surface area contributed by atoms with Crippen LogP contribution in [-0.2, 0) is 11.3 Å². The number of carbonyl (C=O) groups excluding carboxylic acids is 1. The van der Waals surface area contributed by atoms with Crippen molar-refractivity contribution in [2.24, 2.45) is 0 Å². The smallest absolute Gasteiger partial charge is 0.355 e. The van der Waals surface area contributed by atoms with Gasteiger partial charge in [0.25, 0.3) is 0 Å². The summed E-state index contributed by atoms with van der Waals surface area (Å²) in [5.41, 5.74) is 7.46. The van der Waals surface area contributed by atoms with E-state index in [9.17, 15) is 4.79 Å². The van der Waals surface area contributed by atoms with Crippen LogP contribution in [0.1, 0.15) is 41.6 Å². The van der Waals surface area contributed by atoms with Crippen molar-refractivity contribution in [2.75, 3.05) is 5.73 Å². The van der Waals surface area contributed by atoms with Gasteiger partial charge in [-0.25, -0.2) is 9.78 Å². The zero-order valence-corrected chi connectivity index (χ0v) is 11.9. The normalized spacial score (nSPS) is 10.4. The predicted octanol–water partition coefficient (Wildman–Crippen LogP) is 2.27. The van der Waals surface area contributed by atoms with Gasteiger partial charge in [0.05, 0.1) is 5.69 Å². The van der Waals surface area contributed by atoms with E-state index in [1.54, 1.807) is 29.0 Å². The first-order valence-corrected chi connectivity index (χ1v) is 6.51. The van der Waals surface area contributed by atoms with Crippen molar-refractivity contribution < 1.29 is 9.53 Å². The Labute approximate surface area is 122 Å². The molecule has 2 aromatic rings. The second kappa shape index (κ2) is 6.09. The molecule has 6 nitrogen and oxygen atoms in total. The van der Waals surface area contributed by atoms with Crippen LogP contribution < -0.4 is 5.73 Å². The van der Waals surface area contributed by atoms with Crippen molar-refractivity contribution in [2.45, 2.75) is 26.5 Å². The van der Waals surface area contributed by atoms with Gasteiger partial charge in [-0.1, -0.05) is 6.07 Å². The Balaban J connectivity index is 2.14. The number of rotatable bonds is 4. The third kappa shape index (κ3) is 3.20. The Bertz CT molecular complexity index is 698. The Hall–Kier alpha value is -2.81. The topological polar surface area (TPSA) is 93.9 Å². The summed E-state index contributed by atoms with van der Waals surface area (Å²) in [6.07, 6.45) is 3.22. The summed E-state index contributed by atoms with van der Waals surface area (Å²) in [5.74, 6) is -0.479. The van der Waals surface area contributed by atoms with E-state index < -0.39 is 5.97 Å². The number of pyridine rings is 1. The zero-order chi connectivity index (χ0) is 15.4. The molecule has 2 rings (SSSR count). The molecule has 2 heterocycles. The van der Waals surface area contributed by atoms with Crippen molar-refractivity contribution in [3.05, 3.63) is 47.5 Å². The molecule has 0 amide bonds. The number of aromatic nitrogens is 2. The van der Waals surface area contributed by atoms with Crippen molar-refractivity contribution >= 4 is 11.7 Å². The number of hydrogen-bond donors (Lipinski definition) is 1. The van der Waals surface area contributed by atoms with E-state index >= 15 is 0 Å². The number of carbonyl (C=O) groups is 1. The minimum Gasteiger partial charge on any atom is -0.456 e. The van der Waals surface area contributed by atoms with E-state index in [1.165, 1.54) is 6.20 Å². The first-order chi connectivity index (χ1) is 10.0. The largest absolute Gasteiger partial charge is 0.456 e. The Morgan fingerprint density at radius 2 is 2.33 bits per heavy atom. The van der Waals surface area contributed by atoms with E-state index in [2.05, 4.69) is 4.98 Å². The van der Waals surface area contributed by atoms with Crippen LogP contribution in [0.25, 0.3) is 0 Å². The van der Waals surface area contributed by atoms with Gasteiger partial charge in [-0.2, -0.15) is 5.26 Å². The number of nitrogen functional groups attached to an aromatic ring is 1. The predicted molar refractivity (Wildman–Crippen MR) is 77.3 cm³/mol. The Morgan fingerprint density at radius 3 is 3.00 bits per heavy atom. The average molecular weight is 284 g/mol. The quantitative estimate of drug-likeness (QED) is 0.869. The highest BCUT2D eigenvalue weighted by Gasteiger charge is 2.17. The van der Waals surface area contributed by atoms with Gasteiger partial charge in [0, 0.05) is 24.0 Å². The lowest BCUT2D eigenvalue weighted by atomic mass is 10.2. The maximum atomic E-state index is 12.2. The number of nitriles is 1. The van der Waals surface area contributed by atoms with E-state index in [1.807, 2.05) is 19.9 Å². The van der Waals surface area contributed by atoms with Crippen LogP contribution in [0.15, 0.2) is 30.6 Å². The van der Waals surface area contributed by atoms with E-state index in [4.69, 9.17) is 15.7 Å². The molecule has 0 radical (unpaired) electrons. The van der Waals surface area contributed by atoms with Gasteiger partial charge in [0.2, 0.25) is 0 Å². The number of anilines is 1. The summed E-state index contributed by atoms with van der Waals surface area (Å²) in [4.78, 5) is 16.1. The molecule has 21 heavy (non-hydrogen) atoms. The molecule has 108 valence electrons. The minimum atomic E-state index is -0.479. The van der Waals surface area contributed by atoms with Gasteiger partial charge in [-0.05, 0) is 26.0 Å². The molecule has 6 heteroatoms. The van der Waals surface area contributed by atoms with Crippen molar-refractivity contribution in [3.8, 4) is 6.07 Å². The first kappa shape index (κ1) is 14.6. The van der Waals surface area contributed by atoms with Crippen LogP contribution in [0.2, 0.25) is 0 Å². The summed E-state index contributed by atoms with van der Waals surface area (Å²) in [5, 5.41) is 8.95. The standard InChI is InChI=1S/C15H16N4O2/c1-10(2)19-8-12(17)6-14(19)15(20)21-9-11-4-3-5-18-13(11)7-16/h3-6,8,10H,9,17H2,1-2H3. The molecule has 0 fully saturated rings. The average Bonchev–Trinajstić information content (AvgIpc) is 2.87. The maximum Gasteiger partial charge on any atom is 0.355 e. The van der Waals surface area contributed by atoms with Crippen molar-refractivity contribution in [1.82, 2.24) is 9.55 Å². The lowest BCUT2D eigenvalue weighted by molar-refractivity contribution is 0.0457. The van der Waals surface area contributed by atoms with Crippen LogP contribution in [0.3, 0.4) is 0 Å². The second-order valence-electron chi connectivity index (χ2n) is 4.86. The molecule has 2 N–H and O–H groups in total. The third-order valence-electron chi connectivity index (χ3n) is 2.99. The van der Waals surface area contributed by atoms with Crippen LogP contribution in [-0.4, -0.2) is 15.5 Å². The van der Waals surface area contributed by atoms with E-state index in [0.29, 0.717) is 16.9 Å². The van der Waals surface area contributed by atoms with Crippen molar-refractivity contribution in [1.29, 1.82) is 5.26 Å². The summed E-state index contributed by atoms with van der Waals surface area (Å²) < 4.78 is 7.01. The second-order valence-corrected chi connectivity index (χ2v) is 4.86. The Kier molecular flexibility index (Phi) is 4.24. The molecule has 2 aromatic heterocycles. The molecular formula is C15H16N4O2. The molecule has 0 saturated heterocycles.